The molecule has 1 heterocycles. The highest BCUT2D eigenvalue weighted by atomic mass is 15.0. The van der Waals surface area contributed by atoms with Gasteiger partial charge in [-0.15, -0.1) is 0 Å². The first-order valence-electron chi connectivity index (χ1n) is 5.42. The van der Waals surface area contributed by atoms with Gasteiger partial charge in [-0.05, 0) is 37.5 Å². The molecule has 1 saturated carbocycles. The molecule has 0 amide bonds. The Balaban J connectivity index is 1.88. The zero-order valence-electron chi connectivity index (χ0n) is 8.79. The van der Waals surface area contributed by atoms with E-state index in [0.29, 0.717) is 5.54 Å². The van der Waals surface area contributed by atoms with Crippen molar-refractivity contribution >= 4 is 0 Å². The Hall–Kier alpha value is -0.890. The Bertz CT molecular complexity index is 276. The van der Waals surface area contributed by atoms with Crippen LogP contribution in [0.5, 0.6) is 0 Å². The van der Waals surface area contributed by atoms with Gasteiger partial charge in [-0.3, -0.25) is 4.98 Å². The Labute approximate surface area is 85.7 Å². The van der Waals surface area contributed by atoms with Gasteiger partial charge in [0.25, 0.3) is 0 Å². The maximum Gasteiger partial charge on any atom is 0.0271 e. The molecule has 1 aromatic rings. The van der Waals surface area contributed by atoms with E-state index in [0.717, 1.165) is 6.54 Å². The van der Waals surface area contributed by atoms with Crippen LogP contribution in [0.3, 0.4) is 0 Å². The van der Waals surface area contributed by atoms with Gasteiger partial charge in [0, 0.05) is 24.5 Å². The Morgan fingerprint density at radius 1 is 1.29 bits per heavy atom. The fraction of sp³-hybridized carbons (Fsp3) is 0.583. The topological polar surface area (TPSA) is 24.9 Å². The number of nitrogens with zero attached hydrogens (tertiary/aromatic N) is 1. The van der Waals surface area contributed by atoms with E-state index < -0.39 is 0 Å². The number of rotatable bonds is 3. The van der Waals surface area contributed by atoms with E-state index in [4.69, 9.17) is 0 Å². The van der Waals surface area contributed by atoms with Crippen LogP contribution < -0.4 is 5.32 Å². The predicted molar refractivity (Wildman–Crippen MR) is 57.9 cm³/mol. The predicted octanol–water partition coefficient (Wildman–Crippen LogP) is 2.50. The van der Waals surface area contributed by atoms with Crippen LogP contribution in [-0.4, -0.2) is 10.5 Å². The fourth-order valence-corrected chi connectivity index (χ4v) is 2.15. The first-order valence-corrected chi connectivity index (χ1v) is 5.42. The van der Waals surface area contributed by atoms with Gasteiger partial charge in [0.1, 0.15) is 0 Å². The molecule has 1 aliphatic carbocycles. The number of pyridine rings is 1. The van der Waals surface area contributed by atoms with Crippen molar-refractivity contribution in [1.29, 1.82) is 0 Å². The van der Waals surface area contributed by atoms with Crippen molar-refractivity contribution in [1.82, 2.24) is 10.3 Å². The van der Waals surface area contributed by atoms with E-state index in [-0.39, 0.29) is 0 Å². The van der Waals surface area contributed by atoms with Gasteiger partial charge in [-0.1, -0.05) is 12.8 Å². The highest BCUT2D eigenvalue weighted by Gasteiger charge is 2.27. The van der Waals surface area contributed by atoms with Crippen molar-refractivity contribution < 1.29 is 0 Å². The van der Waals surface area contributed by atoms with Crippen molar-refractivity contribution in [3.05, 3.63) is 30.1 Å². The first kappa shape index (κ1) is 9.66. The van der Waals surface area contributed by atoms with Gasteiger partial charge >= 0.3 is 0 Å². The van der Waals surface area contributed by atoms with Crippen LogP contribution in [0.25, 0.3) is 0 Å². The maximum absolute atomic E-state index is 4.01. The van der Waals surface area contributed by atoms with Gasteiger partial charge in [0.2, 0.25) is 0 Å². The van der Waals surface area contributed by atoms with Gasteiger partial charge in [0.15, 0.2) is 0 Å². The lowest BCUT2D eigenvalue weighted by atomic mass is 10.0. The number of aromatic nitrogens is 1. The monoisotopic (exact) mass is 190 g/mol. The molecule has 0 radical (unpaired) electrons. The second kappa shape index (κ2) is 4.09. The van der Waals surface area contributed by atoms with Crippen LogP contribution in [0, 0.1) is 0 Å². The molecule has 76 valence electrons. The molecule has 0 unspecified atom stereocenters. The third kappa shape index (κ3) is 2.32. The quantitative estimate of drug-likeness (QED) is 0.792. The molecule has 1 aliphatic rings. The highest BCUT2D eigenvalue weighted by molar-refractivity contribution is 5.10. The van der Waals surface area contributed by atoms with Crippen LogP contribution in [0.2, 0.25) is 0 Å². The second-order valence-corrected chi connectivity index (χ2v) is 4.48. The number of nitrogens with one attached hydrogen (secondary N) is 1. The van der Waals surface area contributed by atoms with Crippen LogP contribution in [0.4, 0.5) is 0 Å². The highest BCUT2D eigenvalue weighted by Crippen LogP contribution is 2.29. The summed E-state index contributed by atoms with van der Waals surface area (Å²) in [5.74, 6) is 0. The third-order valence-electron chi connectivity index (χ3n) is 3.18. The lowest BCUT2D eigenvalue weighted by Crippen LogP contribution is -2.38. The van der Waals surface area contributed by atoms with Crippen LogP contribution >= 0.6 is 0 Å². The fourth-order valence-electron chi connectivity index (χ4n) is 2.15. The average Bonchev–Trinajstić information content (AvgIpc) is 2.65. The molecule has 0 spiro atoms. The third-order valence-corrected chi connectivity index (χ3v) is 3.18. The molecule has 2 rings (SSSR count). The summed E-state index contributed by atoms with van der Waals surface area (Å²) in [6.07, 6.45) is 9.10. The Morgan fingerprint density at radius 2 is 1.93 bits per heavy atom. The number of hydrogen-bond acceptors (Lipinski definition) is 2. The molecule has 2 nitrogen and oxygen atoms in total. The normalized spacial score (nSPS) is 19.8. The summed E-state index contributed by atoms with van der Waals surface area (Å²) < 4.78 is 0. The van der Waals surface area contributed by atoms with Crippen LogP contribution in [-0.2, 0) is 6.54 Å². The van der Waals surface area contributed by atoms with Crippen LogP contribution in [0.1, 0.15) is 38.2 Å². The number of hydrogen-bond donors (Lipinski definition) is 1. The molecule has 1 fully saturated rings. The summed E-state index contributed by atoms with van der Waals surface area (Å²) in [7, 11) is 0. The van der Waals surface area contributed by atoms with Crippen LogP contribution in [0.15, 0.2) is 24.5 Å². The minimum atomic E-state index is 0.378. The molecular weight excluding hydrogens is 172 g/mol. The smallest absolute Gasteiger partial charge is 0.0271 e. The summed E-state index contributed by atoms with van der Waals surface area (Å²) in [5, 5.41) is 3.65. The summed E-state index contributed by atoms with van der Waals surface area (Å²) in [6.45, 7) is 3.31. The van der Waals surface area contributed by atoms with Crippen molar-refractivity contribution in [2.24, 2.45) is 0 Å². The zero-order chi connectivity index (χ0) is 9.86. The Morgan fingerprint density at radius 3 is 2.57 bits per heavy atom. The van der Waals surface area contributed by atoms with E-state index in [9.17, 15) is 0 Å². The first-order chi connectivity index (χ1) is 6.79. The van der Waals surface area contributed by atoms with E-state index in [2.05, 4.69) is 29.4 Å². The molecule has 0 aliphatic heterocycles. The SMILES string of the molecule is CC1(NCc2ccncc2)CCCC1. The molecule has 14 heavy (non-hydrogen) atoms. The summed E-state index contributed by atoms with van der Waals surface area (Å²) in [5.41, 5.74) is 1.71. The molecule has 0 aromatic carbocycles. The van der Waals surface area contributed by atoms with Gasteiger partial charge in [-0.2, -0.15) is 0 Å². The lowest BCUT2D eigenvalue weighted by molar-refractivity contribution is 0.362. The van der Waals surface area contributed by atoms with Gasteiger partial charge < -0.3 is 5.32 Å². The minimum absolute atomic E-state index is 0.378. The molecule has 1 aromatic heterocycles. The van der Waals surface area contributed by atoms with E-state index in [1.165, 1.54) is 31.2 Å². The average molecular weight is 190 g/mol. The summed E-state index contributed by atoms with van der Waals surface area (Å²) in [6, 6.07) is 4.15. The maximum atomic E-state index is 4.01. The largest absolute Gasteiger partial charge is 0.307 e. The van der Waals surface area contributed by atoms with E-state index >= 15 is 0 Å². The zero-order valence-corrected chi connectivity index (χ0v) is 8.79. The summed E-state index contributed by atoms with van der Waals surface area (Å²) >= 11 is 0. The molecule has 0 bridgehead atoms. The molecule has 0 atom stereocenters. The van der Waals surface area contributed by atoms with Crippen molar-refractivity contribution in [3.63, 3.8) is 0 Å². The van der Waals surface area contributed by atoms with Crippen molar-refractivity contribution in [3.8, 4) is 0 Å². The molecule has 1 N–H and O–H groups in total. The van der Waals surface area contributed by atoms with Gasteiger partial charge in [0.05, 0.1) is 0 Å². The minimum Gasteiger partial charge on any atom is -0.307 e. The van der Waals surface area contributed by atoms with E-state index in [1.54, 1.807) is 0 Å². The standard InChI is InChI=1S/C12H18N2/c1-12(6-2-3-7-12)14-10-11-4-8-13-9-5-11/h4-5,8-9,14H,2-3,6-7,10H2,1H3. The van der Waals surface area contributed by atoms with Crippen molar-refractivity contribution in [2.75, 3.05) is 0 Å². The lowest BCUT2D eigenvalue weighted by Gasteiger charge is -2.25. The molecule has 0 saturated heterocycles. The summed E-state index contributed by atoms with van der Waals surface area (Å²) in [4.78, 5) is 4.01. The van der Waals surface area contributed by atoms with E-state index in [1.807, 2.05) is 12.4 Å². The van der Waals surface area contributed by atoms with Gasteiger partial charge in [-0.25, -0.2) is 0 Å². The molecule has 2 heteroatoms. The second-order valence-electron chi connectivity index (χ2n) is 4.48. The molecular formula is C12H18N2. The Kier molecular flexibility index (Phi) is 2.82. The van der Waals surface area contributed by atoms with Crippen molar-refractivity contribution in [2.45, 2.75) is 44.7 Å².